The Hall–Kier alpha value is -3.92. The van der Waals surface area contributed by atoms with E-state index in [4.69, 9.17) is 10.00 Å². The smallest absolute Gasteiger partial charge is 0.337 e. The van der Waals surface area contributed by atoms with E-state index in [1.54, 1.807) is 48.5 Å². The lowest BCUT2D eigenvalue weighted by molar-refractivity contribution is -0.148. The van der Waals surface area contributed by atoms with E-state index in [9.17, 15) is 14.4 Å². The molecule has 2 rings (SSSR count). The van der Waals surface area contributed by atoms with Crippen LogP contribution in [0.4, 0.5) is 5.69 Å². The van der Waals surface area contributed by atoms with Gasteiger partial charge in [-0.1, -0.05) is 12.1 Å². The lowest BCUT2D eigenvalue weighted by atomic mass is 10.1. The Labute approximate surface area is 162 Å². The van der Waals surface area contributed by atoms with Crippen molar-refractivity contribution in [3.63, 3.8) is 0 Å². The van der Waals surface area contributed by atoms with Gasteiger partial charge in [0, 0.05) is 11.8 Å². The predicted octanol–water partition coefficient (Wildman–Crippen LogP) is 2.93. The van der Waals surface area contributed by atoms with Crippen LogP contribution in [0, 0.1) is 11.3 Å². The molecule has 0 aliphatic heterocycles. The van der Waals surface area contributed by atoms with E-state index in [0.717, 1.165) is 0 Å². The summed E-state index contributed by atoms with van der Waals surface area (Å²) >= 11 is 0. The standard InChI is InChI=1S/C21H18N2O5/c1-14(20(25)23-18-10-5-16(13-22)6-11-18)28-19(24)12-7-15-3-8-17(9-4-15)21(26)27-2/h3-12,14H,1-2H3,(H,23,25)/b12-7+/t14-/m1/s1. The third kappa shape index (κ3) is 5.81. The van der Waals surface area contributed by atoms with Gasteiger partial charge in [-0.25, -0.2) is 9.59 Å². The van der Waals surface area contributed by atoms with Crippen LogP contribution in [-0.2, 0) is 19.1 Å². The SMILES string of the molecule is COC(=O)c1ccc(/C=C/C(=O)O[C@H](C)C(=O)Nc2ccc(C#N)cc2)cc1. The quantitative estimate of drug-likeness (QED) is 0.612. The molecule has 0 saturated carbocycles. The van der Waals surface area contributed by atoms with Crippen molar-refractivity contribution in [2.24, 2.45) is 0 Å². The maximum atomic E-state index is 12.1. The summed E-state index contributed by atoms with van der Waals surface area (Å²) in [7, 11) is 1.30. The fraction of sp³-hybridized carbons (Fsp3) is 0.143. The van der Waals surface area contributed by atoms with Crippen molar-refractivity contribution >= 4 is 29.6 Å². The minimum Gasteiger partial charge on any atom is -0.465 e. The maximum absolute atomic E-state index is 12.1. The zero-order valence-corrected chi connectivity index (χ0v) is 15.3. The Balaban J connectivity index is 1.88. The summed E-state index contributed by atoms with van der Waals surface area (Å²) in [5.74, 6) is -1.62. The van der Waals surface area contributed by atoms with E-state index in [2.05, 4.69) is 10.1 Å². The van der Waals surface area contributed by atoms with Gasteiger partial charge in [-0.15, -0.1) is 0 Å². The van der Waals surface area contributed by atoms with Crippen molar-refractivity contribution in [2.45, 2.75) is 13.0 Å². The summed E-state index contributed by atoms with van der Waals surface area (Å²) in [6.07, 6.45) is 1.70. The first kappa shape index (κ1) is 20.4. The van der Waals surface area contributed by atoms with Gasteiger partial charge in [-0.2, -0.15) is 5.26 Å². The summed E-state index contributed by atoms with van der Waals surface area (Å²) in [6, 6.07) is 14.7. The number of ether oxygens (including phenoxy) is 2. The molecule has 0 unspecified atom stereocenters. The van der Waals surface area contributed by atoms with Crippen molar-refractivity contribution < 1.29 is 23.9 Å². The fourth-order valence-corrected chi connectivity index (χ4v) is 2.15. The molecule has 0 radical (unpaired) electrons. The predicted molar refractivity (Wildman–Crippen MR) is 102 cm³/mol. The molecule has 7 nitrogen and oxygen atoms in total. The largest absolute Gasteiger partial charge is 0.465 e. The minimum absolute atomic E-state index is 0.398. The number of nitriles is 1. The molecule has 0 spiro atoms. The third-order valence-electron chi connectivity index (χ3n) is 3.69. The van der Waals surface area contributed by atoms with Crippen LogP contribution in [0.15, 0.2) is 54.6 Å². The van der Waals surface area contributed by atoms with E-state index in [0.29, 0.717) is 22.4 Å². The molecule has 0 heterocycles. The molecule has 0 aliphatic carbocycles. The number of carbonyl (C=O) groups excluding carboxylic acids is 3. The summed E-state index contributed by atoms with van der Waals surface area (Å²) in [4.78, 5) is 35.3. The molecular formula is C21H18N2O5. The minimum atomic E-state index is -1.01. The number of methoxy groups -OCH3 is 1. The molecule has 0 aliphatic rings. The second-order valence-electron chi connectivity index (χ2n) is 5.70. The Kier molecular flexibility index (Phi) is 7.06. The van der Waals surface area contributed by atoms with E-state index in [1.807, 2.05) is 6.07 Å². The van der Waals surface area contributed by atoms with Gasteiger partial charge in [0.2, 0.25) is 0 Å². The third-order valence-corrected chi connectivity index (χ3v) is 3.69. The summed E-state index contributed by atoms with van der Waals surface area (Å²) in [5, 5.41) is 11.4. The van der Waals surface area contributed by atoms with E-state index < -0.39 is 23.9 Å². The first-order valence-electron chi connectivity index (χ1n) is 8.31. The topological polar surface area (TPSA) is 105 Å². The first-order valence-corrected chi connectivity index (χ1v) is 8.31. The summed E-state index contributed by atoms with van der Waals surface area (Å²) in [6.45, 7) is 1.45. The van der Waals surface area contributed by atoms with Crippen LogP contribution in [0.25, 0.3) is 6.08 Å². The van der Waals surface area contributed by atoms with Crippen LogP contribution < -0.4 is 5.32 Å². The second kappa shape index (κ2) is 9.69. The van der Waals surface area contributed by atoms with Crippen LogP contribution in [0.1, 0.15) is 28.4 Å². The van der Waals surface area contributed by atoms with Gasteiger partial charge in [0.05, 0.1) is 24.3 Å². The highest BCUT2D eigenvalue weighted by Gasteiger charge is 2.16. The van der Waals surface area contributed by atoms with E-state index in [-0.39, 0.29) is 0 Å². The van der Waals surface area contributed by atoms with Crippen molar-refractivity contribution in [3.05, 3.63) is 71.3 Å². The molecule has 0 aromatic heterocycles. The molecule has 142 valence electrons. The molecule has 1 N–H and O–H groups in total. The molecule has 1 amide bonds. The zero-order valence-electron chi connectivity index (χ0n) is 15.3. The molecule has 2 aromatic rings. The van der Waals surface area contributed by atoms with Gasteiger partial charge in [0.15, 0.2) is 6.10 Å². The number of nitrogens with zero attached hydrogens (tertiary/aromatic N) is 1. The second-order valence-corrected chi connectivity index (χ2v) is 5.70. The molecule has 7 heteroatoms. The number of benzene rings is 2. The van der Waals surface area contributed by atoms with E-state index >= 15 is 0 Å². The Morgan fingerprint density at radius 2 is 1.71 bits per heavy atom. The number of amides is 1. The molecule has 1 atom stereocenters. The Morgan fingerprint density at radius 3 is 2.29 bits per heavy atom. The van der Waals surface area contributed by atoms with Crippen LogP contribution in [0.2, 0.25) is 0 Å². The highest BCUT2D eigenvalue weighted by Crippen LogP contribution is 2.11. The van der Waals surface area contributed by atoms with Crippen LogP contribution in [0.5, 0.6) is 0 Å². The fourth-order valence-electron chi connectivity index (χ4n) is 2.15. The number of nitrogens with one attached hydrogen (secondary N) is 1. The normalized spacial score (nSPS) is 11.3. The van der Waals surface area contributed by atoms with Crippen molar-refractivity contribution in [1.82, 2.24) is 0 Å². The van der Waals surface area contributed by atoms with Crippen LogP contribution >= 0.6 is 0 Å². The molecule has 28 heavy (non-hydrogen) atoms. The van der Waals surface area contributed by atoms with E-state index in [1.165, 1.54) is 26.2 Å². The van der Waals surface area contributed by atoms with Gasteiger partial charge in [-0.05, 0) is 55.0 Å². The average Bonchev–Trinajstić information content (AvgIpc) is 2.72. The number of hydrogen-bond donors (Lipinski definition) is 1. The number of carbonyl (C=O) groups is 3. The first-order chi connectivity index (χ1) is 13.4. The lowest BCUT2D eigenvalue weighted by Crippen LogP contribution is -2.29. The van der Waals surface area contributed by atoms with Crippen molar-refractivity contribution in [2.75, 3.05) is 12.4 Å². The maximum Gasteiger partial charge on any atom is 0.337 e. The van der Waals surface area contributed by atoms with Crippen molar-refractivity contribution in [1.29, 1.82) is 5.26 Å². The number of esters is 2. The molecular weight excluding hydrogens is 360 g/mol. The van der Waals surface area contributed by atoms with Crippen LogP contribution in [0.3, 0.4) is 0 Å². The molecule has 0 saturated heterocycles. The van der Waals surface area contributed by atoms with Gasteiger partial charge in [0.25, 0.3) is 5.91 Å². The lowest BCUT2D eigenvalue weighted by Gasteiger charge is -2.12. The van der Waals surface area contributed by atoms with Gasteiger partial charge in [-0.3, -0.25) is 4.79 Å². The Morgan fingerprint density at radius 1 is 1.07 bits per heavy atom. The number of anilines is 1. The average molecular weight is 378 g/mol. The highest BCUT2D eigenvalue weighted by atomic mass is 16.5. The van der Waals surface area contributed by atoms with Gasteiger partial charge in [0.1, 0.15) is 0 Å². The van der Waals surface area contributed by atoms with Gasteiger partial charge < -0.3 is 14.8 Å². The van der Waals surface area contributed by atoms with Gasteiger partial charge >= 0.3 is 11.9 Å². The monoisotopic (exact) mass is 378 g/mol. The molecule has 2 aromatic carbocycles. The molecule has 0 bridgehead atoms. The highest BCUT2D eigenvalue weighted by molar-refractivity contribution is 5.96. The Bertz CT molecular complexity index is 925. The van der Waals surface area contributed by atoms with Crippen molar-refractivity contribution in [3.8, 4) is 6.07 Å². The molecule has 0 fully saturated rings. The number of rotatable bonds is 6. The van der Waals surface area contributed by atoms with Crippen LogP contribution in [-0.4, -0.2) is 31.1 Å². The summed E-state index contributed by atoms with van der Waals surface area (Å²) in [5.41, 5.74) is 2.05. The number of hydrogen-bond acceptors (Lipinski definition) is 6. The summed E-state index contributed by atoms with van der Waals surface area (Å²) < 4.78 is 9.68. The zero-order chi connectivity index (χ0) is 20.5.